The molecule has 2 aliphatic rings. The SMILES string of the molecule is CCOC(=O)C1CCCc2sc3nc(C)n(CC(=O)NCC4CCCO4)c(=O)c3c21. The molecule has 30 heavy (non-hydrogen) atoms. The number of rotatable bonds is 6. The highest BCUT2D eigenvalue weighted by atomic mass is 32.1. The predicted molar refractivity (Wildman–Crippen MR) is 113 cm³/mol. The summed E-state index contributed by atoms with van der Waals surface area (Å²) in [7, 11) is 0. The van der Waals surface area contributed by atoms with Crippen molar-refractivity contribution >= 4 is 33.4 Å². The van der Waals surface area contributed by atoms with Crippen molar-refractivity contribution < 1.29 is 19.1 Å². The van der Waals surface area contributed by atoms with E-state index in [4.69, 9.17) is 9.47 Å². The molecule has 1 N–H and O–H groups in total. The molecule has 2 unspecified atom stereocenters. The standard InChI is InChI=1S/C21H27N3O5S/c1-3-28-21(27)14-7-4-8-15-17(14)18-19(30-15)23-12(2)24(20(18)26)11-16(25)22-10-13-6-5-9-29-13/h13-14H,3-11H2,1-2H3,(H,22,25). The number of nitrogens with one attached hydrogen (secondary N) is 1. The Bertz CT molecular complexity index is 1020. The van der Waals surface area contributed by atoms with Crippen molar-refractivity contribution in [2.45, 2.75) is 64.5 Å². The number of aryl methyl sites for hydroxylation is 2. The monoisotopic (exact) mass is 433 g/mol. The summed E-state index contributed by atoms with van der Waals surface area (Å²) in [4.78, 5) is 44.6. The van der Waals surface area contributed by atoms with Gasteiger partial charge < -0.3 is 14.8 Å². The lowest BCUT2D eigenvalue weighted by molar-refractivity contribution is -0.145. The molecular formula is C21H27N3O5S. The maximum Gasteiger partial charge on any atom is 0.313 e. The molecule has 2 atom stereocenters. The normalized spacial score (nSPS) is 20.9. The maximum absolute atomic E-state index is 13.4. The molecule has 1 aliphatic heterocycles. The molecule has 0 aromatic carbocycles. The van der Waals surface area contributed by atoms with Gasteiger partial charge in [-0.2, -0.15) is 0 Å². The second-order valence-electron chi connectivity index (χ2n) is 7.81. The number of hydrogen-bond donors (Lipinski definition) is 1. The van der Waals surface area contributed by atoms with Crippen molar-refractivity contribution in [3.63, 3.8) is 0 Å². The Morgan fingerprint density at radius 2 is 2.17 bits per heavy atom. The molecule has 0 radical (unpaired) electrons. The van der Waals surface area contributed by atoms with E-state index >= 15 is 0 Å². The van der Waals surface area contributed by atoms with E-state index in [1.165, 1.54) is 15.9 Å². The minimum absolute atomic E-state index is 0.0432. The van der Waals surface area contributed by atoms with Gasteiger partial charge in [-0.1, -0.05) is 0 Å². The number of aromatic nitrogens is 2. The molecule has 162 valence electrons. The topological polar surface area (TPSA) is 99.5 Å². The first kappa shape index (κ1) is 21.0. The predicted octanol–water partition coefficient (Wildman–Crippen LogP) is 2.04. The van der Waals surface area contributed by atoms with E-state index in [1.807, 2.05) is 0 Å². The van der Waals surface area contributed by atoms with Gasteiger partial charge in [0.15, 0.2) is 0 Å². The van der Waals surface area contributed by atoms with Crippen LogP contribution in [-0.2, 0) is 32.0 Å². The fraction of sp³-hybridized carbons (Fsp3) is 0.619. The second kappa shape index (κ2) is 8.85. The number of esters is 1. The van der Waals surface area contributed by atoms with E-state index in [0.29, 0.717) is 35.6 Å². The lowest BCUT2D eigenvalue weighted by Crippen LogP contribution is -2.37. The van der Waals surface area contributed by atoms with E-state index in [0.717, 1.165) is 42.7 Å². The molecule has 1 fully saturated rings. The molecule has 1 saturated heterocycles. The van der Waals surface area contributed by atoms with Crippen LogP contribution in [0.2, 0.25) is 0 Å². The van der Waals surface area contributed by atoms with Crippen LogP contribution in [0, 0.1) is 6.92 Å². The second-order valence-corrected chi connectivity index (χ2v) is 8.89. The lowest BCUT2D eigenvalue weighted by Gasteiger charge is -2.21. The van der Waals surface area contributed by atoms with Crippen LogP contribution in [0.4, 0.5) is 0 Å². The first-order valence-corrected chi connectivity index (χ1v) is 11.4. The Hall–Kier alpha value is -2.26. The van der Waals surface area contributed by atoms with Crippen LogP contribution in [0.1, 0.15) is 54.8 Å². The van der Waals surface area contributed by atoms with Crippen molar-refractivity contribution in [2.24, 2.45) is 0 Å². The first-order chi connectivity index (χ1) is 14.5. The van der Waals surface area contributed by atoms with Gasteiger partial charge in [-0.15, -0.1) is 11.3 Å². The molecule has 1 aliphatic carbocycles. The van der Waals surface area contributed by atoms with E-state index in [2.05, 4.69) is 10.3 Å². The highest BCUT2D eigenvalue weighted by molar-refractivity contribution is 7.18. The largest absolute Gasteiger partial charge is 0.466 e. The van der Waals surface area contributed by atoms with E-state index in [1.54, 1.807) is 13.8 Å². The highest BCUT2D eigenvalue weighted by Gasteiger charge is 2.33. The Kier molecular flexibility index (Phi) is 6.19. The molecule has 0 spiro atoms. The van der Waals surface area contributed by atoms with E-state index in [9.17, 15) is 14.4 Å². The number of amides is 1. The van der Waals surface area contributed by atoms with Crippen molar-refractivity contribution in [3.8, 4) is 0 Å². The highest BCUT2D eigenvalue weighted by Crippen LogP contribution is 2.41. The molecule has 8 nitrogen and oxygen atoms in total. The number of carbonyl (C=O) groups excluding carboxylic acids is 2. The molecule has 1 amide bonds. The van der Waals surface area contributed by atoms with E-state index < -0.39 is 5.92 Å². The van der Waals surface area contributed by atoms with Crippen LogP contribution in [0.15, 0.2) is 4.79 Å². The summed E-state index contributed by atoms with van der Waals surface area (Å²) in [5.74, 6) is -0.491. The number of hydrogen-bond acceptors (Lipinski definition) is 7. The Labute approximate surface area is 178 Å². The van der Waals surface area contributed by atoms with Gasteiger partial charge in [-0.25, -0.2) is 4.98 Å². The van der Waals surface area contributed by atoms with Crippen LogP contribution in [-0.4, -0.2) is 47.3 Å². The van der Waals surface area contributed by atoms with Gasteiger partial charge in [0, 0.05) is 18.0 Å². The minimum Gasteiger partial charge on any atom is -0.466 e. The number of carbonyl (C=O) groups is 2. The summed E-state index contributed by atoms with van der Waals surface area (Å²) in [6.07, 6.45) is 4.34. The summed E-state index contributed by atoms with van der Waals surface area (Å²) >= 11 is 1.47. The minimum atomic E-state index is -0.443. The Morgan fingerprint density at radius 3 is 2.90 bits per heavy atom. The average molecular weight is 434 g/mol. The van der Waals surface area contributed by atoms with Crippen LogP contribution in [0.5, 0.6) is 0 Å². The number of thiophene rings is 1. The Morgan fingerprint density at radius 1 is 1.33 bits per heavy atom. The van der Waals surface area contributed by atoms with Crippen LogP contribution in [0.3, 0.4) is 0 Å². The molecule has 0 bridgehead atoms. The maximum atomic E-state index is 13.4. The third-order valence-electron chi connectivity index (χ3n) is 5.79. The van der Waals surface area contributed by atoms with Crippen LogP contribution < -0.4 is 10.9 Å². The Balaban J connectivity index is 1.65. The van der Waals surface area contributed by atoms with Crippen molar-refractivity contribution in [3.05, 3.63) is 26.6 Å². The number of ether oxygens (including phenoxy) is 2. The third kappa shape index (κ3) is 4.00. The quantitative estimate of drug-likeness (QED) is 0.700. The summed E-state index contributed by atoms with van der Waals surface area (Å²) in [5, 5.41) is 3.32. The van der Waals surface area contributed by atoms with Gasteiger partial charge in [0.25, 0.3) is 5.56 Å². The van der Waals surface area contributed by atoms with Crippen LogP contribution >= 0.6 is 11.3 Å². The molecule has 3 heterocycles. The third-order valence-corrected chi connectivity index (χ3v) is 6.94. The number of fused-ring (bicyclic) bond motifs is 3. The summed E-state index contributed by atoms with van der Waals surface area (Å²) in [5.41, 5.74) is 0.490. The smallest absolute Gasteiger partial charge is 0.313 e. The van der Waals surface area contributed by atoms with Crippen molar-refractivity contribution in [2.75, 3.05) is 19.8 Å². The fourth-order valence-electron chi connectivity index (χ4n) is 4.31. The molecule has 0 saturated carbocycles. The average Bonchev–Trinajstić information content (AvgIpc) is 3.36. The molecule has 2 aromatic heterocycles. The van der Waals surface area contributed by atoms with Crippen molar-refractivity contribution in [1.29, 1.82) is 0 Å². The summed E-state index contributed by atoms with van der Waals surface area (Å²) in [6.45, 7) is 4.89. The molecule has 4 rings (SSSR count). The van der Waals surface area contributed by atoms with Crippen LogP contribution in [0.25, 0.3) is 10.2 Å². The molecular weight excluding hydrogens is 406 g/mol. The van der Waals surface area contributed by atoms with Gasteiger partial charge in [-0.05, 0) is 51.5 Å². The molecule has 9 heteroatoms. The summed E-state index contributed by atoms with van der Waals surface area (Å²) < 4.78 is 12.2. The summed E-state index contributed by atoms with van der Waals surface area (Å²) in [6, 6.07) is 0. The van der Waals surface area contributed by atoms with Gasteiger partial charge in [-0.3, -0.25) is 19.0 Å². The van der Waals surface area contributed by atoms with Gasteiger partial charge in [0.2, 0.25) is 5.91 Å². The molecule has 2 aromatic rings. The zero-order valence-electron chi connectivity index (χ0n) is 17.4. The van der Waals surface area contributed by atoms with Gasteiger partial charge in [0.1, 0.15) is 17.2 Å². The van der Waals surface area contributed by atoms with Gasteiger partial charge >= 0.3 is 5.97 Å². The first-order valence-electron chi connectivity index (χ1n) is 10.6. The van der Waals surface area contributed by atoms with Crippen molar-refractivity contribution in [1.82, 2.24) is 14.9 Å². The fourth-order valence-corrected chi connectivity index (χ4v) is 5.63. The van der Waals surface area contributed by atoms with E-state index in [-0.39, 0.29) is 30.1 Å². The zero-order chi connectivity index (χ0) is 21.3. The van der Waals surface area contributed by atoms with Gasteiger partial charge in [0.05, 0.1) is 24.0 Å². The lowest BCUT2D eigenvalue weighted by atomic mass is 9.86. The number of nitrogens with zero attached hydrogens (tertiary/aromatic N) is 2. The zero-order valence-corrected chi connectivity index (χ0v) is 18.2.